The lowest BCUT2D eigenvalue weighted by Gasteiger charge is -2.28. The van der Waals surface area contributed by atoms with Gasteiger partial charge in [0, 0.05) is 40.5 Å². The molecule has 0 radical (unpaired) electrons. The first-order valence-electron chi connectivity index (χ1n) is 14.2. The predicted octanol–water partition coefficient (Wildman–Crippen LogP) is 6.37. The number of nitrogens with two attached hydrogens (primary N) is 1. The average molecular weight is 573 g/mol. The van der Waals surface area contributed by atoms with Crippen molar-refractivity contribution >= 4 is 40.9 Å². The van der Waals surface area contributed by atoms with E-state index in [-0.39, 0.29) is 11.8 Å². The minimum absolute atomic E-state index is 0.0786. The van der Waals surface area contributed by atoms with Crippen LogP contribution in [0.25, 0.3) is 11.1 Å². The van der Waals surface area contributed by atoms with E-state index in [2.05, 4.69) is 12.2 Å². The molecule has 8 heteroatoms. The van der Waals surface area contributed by atoms with Crippen molar-refractivity contribution in [2.75, 3.05) is 6.54 Å². The summed E-state index contributed by atoms with van der Waals surface area (Å²) in [6, 6.07) is 12.8. The van der Waals surface area contributed by atoms with E-state index in [0.717, 1.165) is 55.2 Å². The van der Waals surface area contributed by atoms with Gasteiger partial charge in [-0.05, 0) is 67.3 Å². The van der Waals surface area contributed by atoms with Gasteiger partial charge in [-0.15, -0.1) is 0 Å². The fourth-order valence-electron chi connectivity index (χ4n) is 5.59. The Morgan fingerprint density at radius 2 is 1.87 bits per heavy atom. The summed E-state index contributed by atoms with van der Waals surface area (Å²) in [6.07, 6.45) is 7.51. The van der Waals surface area contributed by atoms with Gasteiger partial charge in [0.05, 0.1) is 0 Å². The molecule has 1 aliphatic carbocycles. The summed E-state index contributed by atoms with van der Waals surface area (Å²) in [7, 11) is 0. The number of amides is 3. The molecule has 1 heterocycles. The van der Waals surface area contributed by atoms with Crippen molar-refractivity contribution in [2.24, 2.45) is 23.5 Å². The number of nitrogens with one attached hydrogen (secondary N) is 1. The maximum absolute atomic E-state index is 13.6. The zero-order valence-corrected chi connectivity index (χ0v) is 24.1. The monoisotopic (exact) mass is 571 g/mol. The van der Waals surface area contributed by atoms with Gasteiger partial charge in [0.1, 0.15) is 6.04 Å². The van der Waals surface area contributed by atoms with Gasteiger partial charge in [0.25, 0.3) is 0 Å². The smallest absolute Gasteiger partial charge is 0.245 e. The standard InChI is InChI=1S/C31H39Cl2N3O3/c1-2-3-9-25(29(34)37)26(17-20-11-12-20)30(38)35-28-10-4-5-15-36(31(28)39)19-21-7-6-8-22(16-21)24-14-13-23(32)18-27(24)33/h6-8,13-14,16,18,20,25-26,28H,2-5,9-12,15,17,19H2,1H3,(H2,34,37)(H,35,38)/t25?,26?,28-/m0/s1. The van der Waals surface area contributed by atoms with E-state index in [9.17, 15) is 14.4 Å². The van der Waals surface area contributed by atoms with E-state index < -0.39 is 23.8 Å². The molecule has 3 atom stereocenters. The highest BCUT2D eigenvalue weighted by Gasteiger charge is 2.39. The molecule has 0 aromatic heterocycles. The number of rotatable bonds is 12. The number of hydrogen-bond acceptors (Lipinski definition) is 3. The maximum atomic E-state index is 13.6. The van der Waals surface area contributed by atoms with Crippen LogP contribution in [0.15, 0.2) is 42.5 Å². The summed E-state index contributed by atoms with van der Waals surface area (Å²) in [5.41, 5.74) is 8.58. The third kappa shape index (κ3) is 7.98. The minimum atomic E-state index is -0.602. The molecule has 3 N–H and O–H groups in total. The molecule has 210 valence electrons. The zero-order valence-electron chi connectivity index (χ0n) is 22.6. The van der Waals surface area contributed by atoms with E-state index >= 15 is 0 Å². The number of likely N-dealkylation sites (tertiary alicyclic amines) is 1. The first-order valence-corrected chi connectivity index (χ1v) is 14.9. The second-order valence-electron chi connectivity index (χ2n) is 11.1. The molecule has 2 aliphatic rings. The number of halogens is 2. The molecule has 2 aromatic carbocycles. The quantitative estimate of drug-likeness (QED) is 0.310. The number of carbonyl (C=O) groups excluding carboxylic acids is 3. The second kappa shape index (κ2) is 13.7. The highest BCUT2D eigenvalue weighted by molar-refractivity contribution is 6.36. The Bertz CT molecular complexity index is 1180. The van der Waals surface area contributed by atoms with Crippen molar-refractivity contribution in [1.29, 1.82) is 0 Å². The van der Waals surface area contributed by atoms with Crippen molar-refractivity contribution in [3.05, 3.63) is 58.1 Å². The van der Waals surface area contributed by atoms with Gasteiger partial charge in [0.15, 0.2) is 0 Å². The number of unbranched alkanes of at least 4 members (excludes halogenated alkanes) is 1. The number of carbonyl (C=O) groups is 3. The summed E-state index contributed by atoms with van der Waals surface area (Å²) in [4.78, 5) is 41.4. The summed E-state index contributed by atoms with van der Waals surface area (Å²) >= 11 is 12.5. The molecule has 1 saturated carbocycles. The van der Waals surface area contributed by atoms with Crippen molar-refractivity contribution in [3.63, 3.8) is 0 Å². The number of nitrogens with zero attached hydrogens (tertiary/aromatic N) is 1. The fourth-order valence-corrected chi connectivity index (χ4v) is 6.11. The SMILES string of the molecule is CCCCC(C(N)=O)C(CC1CC1)C(=O)N[C@H]1CCCCN(Cc2cccc(-c3ccc(Cl)cc3Cl)c2)C1=O. The van der Waals surface area contributed by atoms with Crippen LogP contribution in [-0.2, 0) is 20.9 Å². The fraction of sp³-hybridized carbons (Fsp3) is 0.516. The predicted molar refractivity (Wildman–Crippen MR) is 156 cm³/mol. The molecular weight excluding hydrogens is 533 g/mol. The summed E-state index contributed by atoms with van der Waals surface area (Å²) in [5.74, 6) is -1.21. The van der Waals surface area contributed by atoms with E-state index in [1.807, 2.05) is 41.3 Å². The van der Waals surface area contributed by atoms with E-state index in [1.165, 1.54) is 0 Å². The van der Waals surface area contributed by atoms with Crippen LogP contribution in [0, 0.1) is 17.8 Å². The number of primary amides is 1. The lowest BCUT2D eigenvalue weighted by molar-refractivity contribution is -0.139. The lowest BCUT2D eigenvalue weighted by atomic mass is 9.82. The van der Waals surface area contributed by atoms with Crippen LogP contribution < -0.4 is 11.1 Å². The topological polar surface area (TPSA) is 92.5 Å². The highest BCUT2D eigenvalue weighted by Crippen LogP contribution is 2.39. The first-order chi connectivity index (χ1) is 18.8. The Labute approximate surface area is 241 Å². The van der Waals surface area contributed by atoms with Gasteiger partial charge in [-0.25, -0.2) is 0 Å². The Hall–Kier alpha value is -2.57. The molecule has 1 aliphatic heterocycles. The van der Waals surface area contributed by atoms with Crippen molar-refractivity contribution in [1.82, 2.24) is 10.2 Å². The molecule has 0 spiro atoms. The van der Waals surface area contributed by atoms with E-state index in [4.69, 9.17) is 28.9 Å². The highest BCUT2D eigenvalue weighted by atomic mass is 35.5. The summed E-state index contributed by atoms with van der Waals surface area (Å²) in [5, 5.41) is 4.20. The zero-order chi connectivity index (χ0) is 27.9. The summed E-state index contributed by atoms with van der Waals surface area (Å²) in [6.45, 7) is 3.13. The second-order valence-corrected chi connectivity index (χ2v) is 11.9. The Morgan fingerprint density at radius 3 is 2.56 bits per heavy atom. The first kappa shape index (κ1) is 29.4. The summed E-state index contributed by atoms with van der Waals surface area (Å²) < 4.78 is 0. The largest absolute Gasteiger partial charge is 0.369 e. The molecule has 2 aromatic rings. The van der Waals surface area contributed by atoms with Crippen LogP contribution in [0.3, 0.4) is 0 Å². The average Bonchev–Trinajstić information content (AvgIpc) is 3.74. The van der Waals surface area contributed by atoms with Gasteiger partial charge in [-0.2, -0.15) is 0 Å². The normalized spacial score (nSPS) is 19.3. The lowest BCUT2D eigenvalue weighted by Crippen LogP contribution is -2.50. The molecule has 4 rings (SSSR count). The maximum Gasteiger partial charge on any atom is 0.245 e. The Kier molecular flexibility index (Phi) is 10.3. The molecule has 6 nitrogen and oxygen atoms in total. The van der Waals surface area contributed by atoms with E-state index in [0.29, 0.717) is 48.3 Å². The Balaban J connectivity index is 1.47. The Morgan fingerprint density at radius 1 is 1.08 bits per heavy atom. The van der Waals surface area contributed by atoms with Gasteiger partial charge >= 0.3 is 0 Å². The van der Waals surface area contributed by atoms with Crippen molar-refractivity contribution < 1.29 is 14.4 Å². The van der Waals surface area contributed by atoms with Gasteiger partial charge in [-0.1, -0.05) is 80.1 Å². The molecule has 1 saturated heterocycles. The third-order valence-corrected chi connectivity index (χ3v) is 8.53. The molecule has 3 amide bonds. The van der Waals surface area contributed by atoms with Crippen LogP contribution in [0.5, 0.6) is 0 Å². The van der Waals surface area contributed by atoms with Gasteiger partial charge in [0.2, 0.25) is 17.7 Å². The molecule has 2 unspecified atom stereocenters. The van der Waals surface area contributed by atoms with Crippen LogP contribution >= 0.6 is 23.2 Å². The van der Waals surface area contributed by atoms with Crippen LogP contribution in [0.2, 0.25) is 10.0 Å². The van der Waals surface area contributed by atoms with Crippen LogP contribution in [0.1, 0.15) is 70.3 Å². The number of benzene rings is 2. The molecular formula is C31H39Cl2N3O3. The third-order valence-electron chi connectivity index (χ3n) is 7.98. The van der Waals surface area contributed by atoms with Crippen molar-refractivity contribution in [3.8, 4) is 11.1 Å². The van der Waals surface area contributed by atoms with Gasteiger partial charge < -0.3 is 16.0 Å². The van der Waals surface area contributed by atoms with Crippen LogP contribution in [-0.4, -0.2) is 35.2 Å². The molecule has 0 bridgehead atoms. The molecule has 2 fully saturated rings. The van der Waals surface area contributed by atoms with Crippen molar-refractivity contribution in [2.45, 2.75) is 77.3 Å². The number of hydrogen-bond donors (Lipinski definition) is 2. The van der Waals surface area contributed by atoms with E-state index in [1.54, 1.807) is 6.07 Å². The van der Waals surface area contributed by atoms with Crippen LogP contribution in [0.4, 0.5) is 0 Å². The van der Waals surface area contributed by atoms with Gasteiger partial charge in [-0.3, -0.25) is 14.4 Å². The molecule has 39 heavy (non-hydrogen) atoms. The minimum Gasteiger partial charge on any atom is -0.369 e.